The fraction of sp³-hybridized carbons (Fsp3) is 0.333. The minimum Gasteiger partial charge on any atom is -1.00 e. The first-order valence-electron chi connectivity index (χ1n) is 2.95. The Kier molecular flexibility index (Phi) is 3.60. The minimum atomic E-state index is -0.826. The second-order valence-corrected chi connectivity index (χ2v) is 2.07. The van der Waals surface area contributed by atoms with E-state index >= 15 is 0 Å². The number of aryl methyl sites for hydroxylation is 1. The van der Waals surface area contributed by atoms with Gasteiger partial charge in [0.15, 0.2) is 6.54 Å². The molecule has 1 rings (SSSR count). The van der Waals surface area contributed by atoms with Crippen LogP contribution in [0.3, 0.4) is 0 Å². The Morgan fingerprint density at radius 2 is 2.45 bits per heavy atom. The lowest BCUT2D eigenvalue weighted by Gasteiger charge is -1.89. The van der Waals surface area contributed by atoms with Gasteiger partial charge in [-0.25, -0.2) is 14.3 Å². The Morgan fingerprint density at radius 3 is 2.82 bits per heavy atom. The molecule has 0 amide bonds. The average molecular weight is 177 g/mol. The monoisotopic (exact) mass is 176 g/mol. The van der Waals surface area contributed by atoms with Gasteiger partial charge in [-0.05, 0) is 0 Å². The van der Waals surface area contributed by atoms with E-state index < -0.39 is 5.97 Å². The van der Waals surface area contributed by atoms with E-state index in [4.69, 9.17) is 5.11 Å². The number of carbonyl (C=O) groups is 1. The molecule has 0 radical (unpaired) electrons. The maximum Gasteiger partial charge on any atom is 0.346 e. The summed E-state index contributed by atoms with van der Waals surface area (Å²) in [6, 6.07) is 0. The summed E-state index contributed by atoms with van der Waals surface area (Å²) < 4.78 is 1.63. The number of halogens is 1. The third-order valence-corrected chi connectivity index (χ3v) is 1.28. The van der Waals surface area contributed by atoms with Gasteiger partial charge in [-0.1, -0.05) is 0 Å². The van der Waals surface area contributed by atoms with Crippen molar-refractivity contribution in [1.29, 1.82) is 0 Å². The Bertz CT molecular complexity index is 246. The Morgan fingerprint density at radius 1 is 1.82 bits per heavy atom. The molecular weight excluding hydrogens is 168 g/mol. The molecule has 0 fully saturated rings. The molecule has 0 aromatic carbocycles. The fourth-order valence-corrected chi connectivity index (χ4v) is 0.760. The highest BCUT2D eigenvalue weighted by atomic mass is 35.5. The van der Waals surface area contributed by atoms with Crippen LogP contribution in [-0.2, 0) is 11.3 Å². The van der Waals surface area contributed by atoms with Gasteiger partial charge in [-0.3, -0.25) is 0 Å². The number of nitrogens with one attached hydrogen (secondary N) is 1. The van der Waals surface area contributed by atoms with Gasteiger partial charge < -0.3 is 17.5 Å². The highest BCUT2D eigenvalue weighted by Crippen LogP contribution is 1.80. The van der Waals surface area contributed by atoms with Crippen molar-refractivity contribution in [3.8, 4) is 0 Å². The lowest BCUT2D eigenvalue weighted by Crippen LogP contribution is -3.00. The van der Waals surface area contributed by atoms with Gasteiger partial charge in [0.2, 0.25) is 0 Å². The number of H-pyrrole nitrogens is 1. The number of carboxylic acid groups (broad SMARTS) is 1. The number of carboxylic acids is 1. The average Bonchev–Trinajstić information content (AvgIpc) is 2.15. The lowest BCUT2D eigenvalue weighted by molar-refractivity contribution is -0.690. The predicted molar refractivity (Wildman–Crippen MR) is 33.4 cm³/mol. The van der Waals surface area contributed by atoms with Crippen LogP contribution in [0.4, 0.5) is 0 Å². The van der Waals surface area contributed by atoms with E-state index in [0.717, 1.165) is 5.82 Å². The summed E-state index contributed by atoms with van der Waals surface area (Å²) in [4.78, 5) is 13.1. The summed E-state index contributed by atoms with van der Waals surface area (Å²) in [6.07, 6.45) is 3.40. The summed E-state index contributed by atoms with van der Waals surface area (Å²) in [5, 5.41) is 8.38. The van der Waals surface area contributed by atoms with Crippen LogP contribution < -0.4 is 17.0 Å². The summed E-state index contributed by atoms with van der Waals surface area (Å²) >= 11 is 0. The van der Waals surface area contributed by atoms with Crippen molar-refractivity contribution in [1.82, 2.24) is 4.98 Å². The zero-order valence-electron chi connectivity index (χ0n) is 6.04. The van der Waals surface area contributed by atoms with Crippen LogP contribution in [0, 0.1) is 6.92 Å². The molecule has 2 N–H and O–H groups in total. The molecule has 11 heavy (non-hydrogen) atoms. The van der Waals surface area contributed by atoms with Gasteiger partial charge in [-0.2, -0.15) is 0 Å². The van der Waals surface area contributed by atoms with Crippen LogP contribution in [0.15, 0.2) is 12.4 Å². The number of aromatic amines is 1. The fourth-order valence-electron chi connectivity index (χ4n) is 0.760. The van der Waals surface area contributed by atoms with Crippen LogP contribution in [-0.4, -0.2) is 16.1 Å². The molecule has 62 valence electrons. The van der Waals surface area contributed by atoms with E-state index in [1.54, 1.807) is 17.0 Å². The Labute approximate surface area is 70.3 Å². The van der Waals surface area contributed by atoms with Crippen molar-refractivity contribution < 1.29 is 26.9 Å². The number of imidazole rings is 1. The number of aliphatic carboxylic acids is 1. The zero-order valence-corrected chi connectivity index (χ0v) is 6.80. The van der Waals surface area contributed by atoms with Crippen LogP contribution >= 0.6 is 0 Å². The quantitative estimate of drug-likeness (QED) is 0.464. The van der Waals surface area contributed by atoms with Crippen molar-refractivity contribution in [2.75, 3.05) is 0 Å². The SMILES string of the molecule is Cc1[nH]cc[n+]1CC(=O)O.[Cl-]. The van der Waals surface area contributed by atoms with Crippen molar-refractivity contribution in [3.63, 3.8) is 0 Å². The first-order chi connectivity index (χ1) is 4.70. The van der Waals surface area contributed by atoms with Gasteiger partial charge in [-0.15, -0.1) is 0 Å². The number of rotatable bonds is 2. The molecule has 1 aromatic rings. The number of hydrogen-bond donors (Lipinski definition) is 2. The Hall–Kier alpha value is -1.03. The maximum atomic E-state index is 10.2. The Balaban J connectivity index is 0.000001000. The highest BCUT2D eigenvalue weighted by molar-refractivity contribution is 5.64. The molecule has 1 aromatic heterocycles. The van der Waals surface area contributed by atoms with E-state index in [0.29, 0.717) is 0 Å². The predicted octanol–water partition coefficient (Wildman–Crippen LogP) is -3.30. The molecule has 1 heterocycles. The number of hydrogen-bond acceptors (Lipinski definition) is 1. The number of nitrogens with zero attached hydrogens (tertiary/aromatic N) is 1. The van der Waals surface area contributed by atoms with Crippen molar-refractivity contribution in [3.05, 3.63) is 18.2 Å². The molecule has 0 aliphatic rings. The molecule has 0 saturated carbocycles. The molecule has 0 saturated heterocycles. The van der Waals surface area contributed by atoms with E-state index in [2.05, 4.69) is 4.98 Å². The second-order valence-electron chi connectivity index (χ2n) is 2.07. The van der Waals surface area contributed by atoms with Gasteiger partial charge in [0, 0.05) is 6.92 Å². The van der Waals surface area contributed by atoms with Crippen molar-refractivity contribution >= 4 is 5.97 Å². The van der Waals surface area contributed by atoms with Crippen molar-refractivity contribution in [2.24, 2.45) is 0 Å². The minimum absolute atomic E-state index is 0. The van der Waals surface area contributed by atoms with Crippen molar-refractivity contribution in [2.45, 2.75) is 13.5 Å². The van der Waals surface area contributed by atoms with E-state index in [1.165, 1.54) is 0 Å². The third-order valence-electron chi connectivity index (χ3n) is 1.28. The molecule has 5 heteroatoms. The molecule has 4 nitrogen and oxygen atoms in total. The molecular formula is C6H9ClN2O2. The highest BCUT2D eigenvalue weighted by Gasteiger charge is 2.07. The largest absolute Gasteiger partial charge is 1.00 e. The summed E-state index contributed by atoms with van der Waals surface area (Å²) in [5.41, 5.74) is 0. The standard InChI is InChI=1S/C6H8N2O2.ClH/c1-5-7-2-3-8(5)4-6(9)10;/h2-3H,4H2,1H3,(H,9,10);1H. The summed E-state index contributed by atoms with van der Waals surface area (Å²) in [7, 11) is 0. The first kappa shape index (κ1) is 9.97. The zero-order chi connectivity index (χ0) is 7.56. The molecule has 0 bridgehead atoms. The van der Waals surface area contributed by atoms with E-state index in [9.17, 15) is 4.79 Å². The van der Waals surface area contributed by atoms with Crippen LogP contribution in [0.2, 0.25) is 0 Å². The van der Waals surface area contributed by atoms with Gasteiger partial charge in [0.05, 0.1) is 0 Å². The van der Waals surface area contributed by atoms with Gasteiger partial charge >= 0.3 is 5.97 Å². The van der Waals surface area contributed by atoms with Gasteiger partial charge in [0.25, 0.3) is 5.82 Å². The number of aromatic nitrogens is 2. The topological polar surface area (TPSA) is 57.0 Å². The van der Waals surface area contributed by atoms with Crippen LogP contribution in [0.25, 0.3) is 0 Å². The van der Waals surface area contributed by atoms with Gasteiger partial charge in [0.1, 0.15) is 12.4 Å². The van der Waals surface area contributed by atoms with Crippen LogP contribution in [0.5, 0.6) is 0 Å². The first-order valence-corrected chi connectivity index (χ1v) is 2.95. The summed E-state index contributed by atoms with van der Waals surface area (Å²) in [5.74, 6) is 0.0232. The van der Waals surface area contributed by atoms with E-state index in [1.807, 2.05) is 6.92 Å². The normalized spacial score (nSPS) is 8.82. The maximum absolute atomic E-state index is 10.2. The molecule has 0 atom stereocenters. The molecule has 0 aliphatic carbocycles. The third kappa shape index (κ3) is 2.59. The molecule has 0 spiro atoms. The van der Waals surface area contributed by atoms with E-state index in [-0.39, 0.29) is 19.0 Å². The van der Waals surface area contributed by atoms with Crippen LogP contribution in [0.1, 0.15) is 5.82 Å². The smallest absolute Gasteiger partial charge is 0.346 e. The second kappa shape index (κ2) is 3.98. The summed E-state index contributed by atoms with van der Waals surface area (Å²) in [6.45, 7) is 1.85. The molecule has 0 aliphatic heterocycles. The molecule has 0 unspecified atom stereocenters. The lowest BCUT2D eigenvalue weighted by atomic mass is 10.6.